The molecule has 5 nitrogen and oxygen atoms in total. The number of aryl methyl sites for hydroxylation is 1. The average Bonchev–Trinajstić information content (AvgIpc) is 3.26. The number of rotatable bonds is 5. The van der Waals surface area contributed by atoms with Gasteiger partial charge in [0.25, 0.3) is 5.91 Å². The predicted octanol–water partition coefficient (Wildman–Crippen LogP) is 3.82. The highest BCUT2D eigenvalue weighted by molar-refractivity contribution is 7.09. The molecule has 0 spiro atoms. The third-order valence-electron chi connectivity index (χ3n) is 5.48. The number of fused-ring (bicyclic) bond motifs is 1. The summed E-state index contributed by atoms with van der Waals surface area (Å²) in [5.74, 6) is 0.125. The van der Waals surface area contributed by atoms with Crippen LogP contribution in [0.3, 0.4) is 0 Å². The molecular weight excluding hydrogens is 382 g/mol. The minimum absolute atomic E-state index is 0.0155. The number of hydrogen-bond donors (Lipinski definition) is 1. The highest BCUT2D eigenvalue weighted by Gasteiger charge is 2.28. The highest BCUT2D eigenvalue weighted by atomic mass is 32.1. The van der Waals surface area contributed by atoms with Gasteiger partial charge in [-0.15, -0.1) is 11.3 Å². The van der Waals surface area contributed by atoms with Crippen LogP contribution >= 0.6 is 11.3 Å². The number of thiophene rings is 1. The molecule has 2 amide bonds. The molecule has 29 heavy (non-hydrogen) atoms. The van der Waals surface area contributed by atoms with E-state index in [4.69, 9.17) is 0 Å². The van der Waals surface area contributed by atoms with Crippen LogP contribution in [0.5, 0.6) is 0 Å². The molecule has 3 heterocycles. The molecule has 1 fully saturated rings. The summed E-state index contributed by atoms with van der Waals surface area (Å²) in [6.45, 7) is 3.80. The summed E-state index contributed by atoms with van der Waals surface area (Å²) >= 11 is 1.71. The summed E-state index contributed by atoms with van der Waals surface area (Å²) < 4.78 is 0. The molecule has 1 aromatic carbocycles. The summed E-state index contributed by atoms with van der Waals surface area (Å²) in [5, 5.41) is 5.99. The molecule has 0 saturated carbocycles. The molecule has 0 aliphatic carbocycles. The van der Waals surface area contributed by atoms with Crippen molar-refractivity contribution < 1.29 is 9.59 Å². The molecule has 2 aromatic heterocycles. The van der Waals surface area contributed by atoms with Crippen molar-refractivity contribution in [3.8, 4) is 0 Å². The molecule has 3 aromatic rings. The van der Waals surface area contributed by atoms with Gasteiger partial charge in [-0.05, 0) is 49.8 Å². The third kappa shape index (κ3) is 4.48. The molecule has 0 atom stereocenters. The van der Waals surface area contributed by atoms with E-state index in [0.29, 0.717) is 38.0 Å². The van der Waals surface area contributed by atoms with Crippen molar-refractivity contribution in [2.75, 3.05) is 19.6 Å². The summed E-state index contributed by atoms with van der Waals surface area (Å²) in [7, 11) is 0. The number of hydrogen-bond acceptors (Lipinski definition) is 4. The van der Waals surface area contributed by atoms with Crippen molar-refractivity contribution in [3.63, 3.8) is 0 Å². The quantitative estimate of drug-likeness (QED) is 0.699. The molecule has 6 heteroatoms. The number of carbonyl (C=O) groups excluding carboxylic acids is 2. The van der Waals surface area contributed by atoms with Gasteiger partial charge in [-0.3, -0.25) is 14.6 Å². The Bertz CT molecular complexity index is 1010. The van der Waals surface area contributed by atoms with Crippen LogP contribution in [-0.4, -0.2) is 41.3 Å². The Morgan fingerprint density at radius 2 is 1.97 bits per heavy atom. The zero-order valence-electron chi connectivity index (χ0n) is 16.6. The lowest BCUT2D eigenvalue weighted by Crippen LogP contribution is -2.43. The summed E-state index contributed by atoms with van der Waals surface area (Å²) in [5.41, 5.74) is 2.38. The van der Waals surface area contributed by atoms with Crippen molar-refractivity contribution in [2.45, 2.75) is 26.2 Å². The predicted molar refractivity (Wildman–Crippen MR) is 116 cm³/mol. The largest absolute Gasteiger partial charge is 0.355 e. The van der Waals surface area contributed by atoms with Crippen LogP contribution in [0.15, 0.2) is 47.8 Å². The number of nitrogens with one attached hydrogen (secondary N) is 1. The number of benzene rings is 1. The normalized spacial score (nSPS) is 14.9. The number of carbonyl (C=O) groups is 2. The summed E-state index contributed by atoms with van der Waals surface area (Å²) in [6, 6.07) is 13.7. The summed E-state index contributed by atoms with van der Waals surface area (Å²) in [4.78, 5) is 33.3. The number of aromatic nitrogens is 1. The van der Waals surface area contributed by atoms with Crippen molar-refractivity contribution in [1.29, 1.82) is 0 Å². The van der Waals surface area contributed by atoms with Gasteiger partial charge in [-0.1, -0.05) is 24.3 Å². The molecule has 0 unspecified atom stereocenters. The Kier molecular flexibility index (Phi) is 5.90. The first kappa shape index (κ1) is 19.6. The molecule has 1 aliphatic heterocycles. The van der Waals surface area contributed by atoms with Crippen LogP contribution in [0, 0.1) is 12.8 Å². The second-order valence-electron chi connectivity index (χ2n) is 7.52. The SMILES string of the molecule is Cc1cc(C(=O)N2CCC(C(=O)NCCc3cccs3)CC2)c2ccccc2n1. The monoisotopic (exact) mass is 407 g/mol. The standard InChI is InChI=1S/C23H25N3O2S/c1-16-15-20(19-6-2-3-7-21(19)25-16)23(28)26-12-9-17(10-13-26)22(27)24-11-8-18-5-4-14-29-18/h2-7,14-15,17H,8-13H2,1H3,(H,24,27). The van der Waals surface area contributed by atoms with E-state index in [2.05, 4.69) is 21.7 Å². The maximum Gasteiger partial charge on any atom is 0.254 e. The fourth-order valence-electron chi connectivity index (χ4n) is 3.91. The molecule has 1 aliphatic rings. The van der Waals surface area contributed by atoms with E-state index >= 15 is 0 Å². The van der Waals surface area contributed by atoms with E-state index in [9.17, 15) is 9.59 Å². The lowest BCUT2D eigenvalue weighted by Gasteiger charge is -2.31. The van der Waals surface area contributed by atoms with Crippen LogP contribution in [0.2, 0.25) is 0 Å². The van der Waals surface area contributed by atoms with Gasteiger partial charge >= 0.3 is 0 Å². The van der Waals surface area contributed by atoms with Crippen LogP contribution in [0.4, 0.5) is 0 Å². The second-order valence-corrected chi connectivity index (χ2v) is 8.55. The highest BCUT2D eigenvalue weighted by Crippen LogP contribution is 2.23. The maximum atomic E-state index is 13.1. The lowest BCUT2D eigenvalue weighted by molar-refractivity contribution is -0.126. The first-order chi connectivity index (χ1) is 14.1. The topological polar surface area (TPSA) is 62.3 Å². The smallest absolute Gasteiger partial charge is 0.254 e. The van der Waals surface area contributed by atoms with Gasteiger partial charge in [0.05, 0.1) is 11.1 Å². The fourth-order valence-corrected chi connectivity index (χ4v) is 4.62. The zero-order valence-corrected chi connectivity index (χ0v) is 17.4. The number of nitrogens with zero attached hydrogens (tertiary/aromatic N) is 2. The minimum Gasteiger partial charge on any atom is -0.355 e. The number of likely N-dealkylation sites (tertiary alicyclic amines) is 1. The maximum absolute atomic E-state index is 13.1. The van der Waals surface area contributed by atoms with Gasteiger partial charge in [0.1, 0.15) is 0 Å². The lowest BCUT2D eigenvalue weighted by atomic mass is 9.95. The fraction of sp³-hybridized carbons (Fsp3) is 0.348. The van der Waals surface area contributed by atoms with Gasteiger partial charge in [0.15, 0.2) is 0 Å². The van der Waals surface area contributed by atoms with Crippen LogP contribution in [-0.2, 0) is 11.2 Å². The Labute approximate surface area is 174 Å². The van der Waals surface area contributed by atoms with Gasteiger partial charge in [0.2, 0.25) is 5.91 Å². The number of piperidine rings is 1. The molecule has 0 bridgehead atoms. The summed E-state index contributed by atoms with van der Waals surface area (Å²) in [6.07, 6.45) is 2.28. The second kappa shape index (κ2) is 8.74. The van der Waals surface area contributed by atoms with Crippen LogP contribution in [0.25, 0.3) is 10.9 Å². The van der Waals surface area contributed by atoms with E-state index in [-0.39, 0.29) is 17.7 Å². The van der Waals surface area contributed by atoms with Crippen molar-refractivity contribution in [1.82, 2.24) is 15.2 Å². The van der Waals surface area contributed by atoms with E-state index in [0.717, 1.165) is 23.0 Å². The minimum atomic E-state index is -0.0155. The van der Waals surface area contributed by atoms with E-state index in [1.165, 1.54) is 4.88 Å². The Morgan fingerprint density at radius 3 is 2.72 bits per heavy atom. The Balaban J connectivity index is 1.35. The molecular formula is C23H25N3O2S. The molecule has 1 N–H and O–H groups in total. The van der Waals surface area contributed by atoms with Crippen LogP contribution < -0.4 is 5.32 Å². The first-order valence-electron chi connectivity index (χ1n) is 10.1. The zero-order chi connectivity index (χ0) is 20.2. The van der Waals surface area contributed by atoms with Crippen LogP contribution in [0.1, 0.15) is 33.8 Å². The molecule has 0 radical (unpaired) electrons. The van der Waals surface area contributed by atoms with Gasteiger partial charge in [-0.25, -0.2) is 0 Å². The number of amides is 2. The van der Waals surface area contributed by atoms with Crippen molar-refractivity contribution >= 4 is 34.1 Å². The Morgan fingerprint density at radius 1 is 1.17 bits per heavy atom. The molecule has 4 rings (SSSR count). The van der Waals surface area contributed by atoms with E-state index in [1.807, 2.05) is 48.2 Å². The Hall–Kier alpha value is -2.73. The van der Waals surface area contributed by atoms with Gasteiger partial charge in [0, 0.05) is 41.5 Å². The van der Waals surface area contributed by atoms with Gasteiger partial charge < -0.3 is 10.2 Å². The van der Waals surface area contributed by atoms with Crippen molar-refractivity contribution in [2.24, 2.45) is 5.92 Å². The average molecular weight is 408 g/mol. The van der Waals surface area contributed by atoms with E-state index in [1.54, 1.807) is 11.3 Å². The number of para-hydroxylation sites is 1. The van der Waals surface area contributed by atoms with Crippen molar-refractivity contribution in [3.05, 3.63) is 64.0 Å². The molecule has 1 saturated heterocycles. The first-order valence-corrected chi connectivity index (χ1v) is 11.0. The van der Waals surface area contributed by atoms with Gasteiger partial charge in [-0.2, -0.15) is 0 Å². The third-order valence-corrected chi connectivity index (χ3v) is 6.41. The van der Waals surface area contributed by atoms with E-state index < -0.39 is 0 Å². The number of pyridine rings is 1. The molecule has 150 valence electrons.